The number of esters is 1. The van der Waals surface area contributed by atoms with Crippen LogP contribution in [0.1, 0.15) is 0 Å². The molecule has 0 N–H and O–H groups in total. The van der Waals surface area contributed by atoms with Crippen LogP contribution in [0.4, 0.5) is 0 Å². The van der Waals surface area contributed by atoms with Gasteiger partial charge in [0.15, 0.2) is 0 Å². The third kappa shape index (κ3) is 3.75. The van der Waals surface area contributed by atoms with E-state index in [-0.39, 0.29) is 11.8 Å². The summed E-state index contributed by atoms with van der Waals surface area (Å²) in [5.41, 5.74) is 0. The van der Waals surface area contributed by atoms with Crippen molar-refractivity contribution in [2.75, 3.05) is 11.8 Å². The number of hydrogen-bond donors (Lipinski definition) is 0. The zero-order valence-electron chi connectivity index (χ0n) is 5.35. The molecule has 0 radical (unpaired) electrons. The summed E-state index contributed by atoms with van der Waals surface area (Å²) in [7, 11) is 0. The third-order valence-electron chi connectivity index (χ3n) is 0.794. The van der Waals surface area contributed by atoms with Gasteiger partial charge in [0, 0.05) is 6.08 Å². The van der Waals surface area contributed by atoms with E-state index < -0.39 is 12.1 Å². The Labute approximate surface area is 69.8 Å². The Bertz CT molecular complexity index is 121. The van der Waals surface area contributed by atoms with E-state index in [1.165, 1.54) is 0 Å². The quantitative estimate of drug-likeness (QED) is 0.375. The van der Waals surface area contributed by atoms with Crippen molar-refractivity contribution in [2.24, 2.45) is 0 Å². The standard InChI is InChI=1S/C6H8Cl2O2/c1-2-6(9)10-5(3-7)4-8/h2,5H,1,3-4H2. The fraction of sp³-hybridized carbons (Fsp3) is 0.500. The van der Waals surface area contributed by atoms with Crippen molar-refractivity contribution in [1.29, 1.82) is 0 Å². The summed E-state index contributed by atoms with van der Waals surface area (Å²) < 4.78 is 4.68. The van der Waals surface area contributed by atoms with Crippen LogP contribution in [0.3, 0.4) is 0 Å². The molecule has 0 aliphatic carbocycles. The van der Waals surface area contributed by atoms with Gasteiger partial charge in [-0.25, -0.2) is 4.79 Å². The molecule has 58 valence electrons. The molecule has 0 aromatic carbocycles. The van der Waals surface area contributed by atoms with Crippen molar-refractivity contribution < 1.29 is 9.53 Å². The molecule has 0 amide bonds. The second-order valence-electron chi connectivity index (χ2n) is 1.57. The minimum atomic E-state index is -0.494. The van der Waals surface area contributed by atoms with Gasteiger partial charge in [0.2, 0.25) is 0 Å². The highest BCUT2D eigenvalue weighted by atomic mass is 35.5. The van der Waals surface area contributed by atoms with Gasteiger partial charge < -0.3 is 4.74 Å². The van der Waals surface area contributed by atoms with Gasteiger partial charge in [-0.2, -0.15) is 0 Å². The first kappa shape index (κ1) is 9.79. The third-order valence-corrected chi connectivity index (χ3v) is 1.48. The second-order valence-corrected chi connectivity index (χ2v) is 2.19. The first-order valence-electron chi connectivity index (χ1n) is 2.69. The summed E-state index contributed by atoms with van der Waals surface area (Å²) in [5.74, 6) is -0.0714. The topological polar surface area (TPSA) is 26.3 Å². The van der Waals surface area contributed by atoms with Gasteiger partial charge in [-0.3, -0.25) is 0 Å². The van der Waals surface area contributed by atoms with Crippen molar-refractivity contribution in [3.8, 4) is 0 Å². The highest BCUT2D eigenvalue weighted by molar-refractivity contribution is 6.21. The number of rotatable bonds is 4. The summed E-state index contributed by atoms with van der Waals surface area (Å²) in [4.78, 5) is 10.5. The van der Waals surface area contributed by atoms with E-state index >= 15 is 0 Å². The van der Waals surface area contributed by atoms with Gasteiger partial charge >= 0.3 is 5.97 Å². The zero-order valence-corrected chi connectivity index (χ0v) is 6.86. The lowest BCUT2D eigenvalue weighted by molar-refractivity contribution is -0.140. The second kappa shape index (κ2) is 5.57. The number of halogens is 2. The Morgan fingerprint density at radius 2 is 2.10 bits per heavy atom. The largest absolute Gasteiger partial charge is 0.457 e. The van der Waals surface area contributed by atoms with Crippen LogP contribution in [0.15, 0.2) is 12.7 Å². The van der Waals surface area contributed by atoms with Crippen LogP contribution in [-0.4, -0.2) is 23.8 Å². The molecule has 0 bridgehead atoms. The molecule has 2 nitrogen and oxygen atoms in total. The minimum Gasteiger partial charge on any atom is -0.457 e. The lowest BCUT2D eigenvalue weighted by atomic mass is 10.5. The van der Waals surface area contributed by atoms with E-state index in [4.69, 9.17) is 23.2 Å². The normalized spacial score (nSPS) is 9.50. The van der Waals surface area contributed by atoms with Crippen molar-refractivity contribution in [3.05, 3.63) is 12.7 Å². The van der Waals surface area contributed by atoms with E-state index in [2.05, 4.69) is 11.3 Å². The van der Waals surface area contributed by atoms with Crippen molar-refractivity contribution >= 4 is 29.2 Å². The highest BCUT2D eigenvalue weighted by Gasteiger charge is 2.08. The van der Waals surface area contributed by atoms with Crippen molar-refractivity contribution in [1.82, 2.24) is 0 Å². The molecule has 0 fully saturated rings. The van der Waals surface area contributed by atoms with Gasteiger partial charge in [0.25, 0.3) is 0 Å². The fourth-order valence-electron chi connectivity index (χ4n) is 0.317. The average Bonchev–Trinajstić information content (AvgIpc) is 1.99. The lowest BCUT2D eigenvalue weighted by Gasteiger charge is -2.09. The molecule has 0 rings (SSSR count). The summed E-state index contributed by atoms with van der Waals surface area (Å²) in [6, 6.07) is 0. The van der Waals surface area contributed by atoms with Gasteiger partial charge in [-0.15, -0.1) is 23.2 Å². The maximum absolute atomic E-state index is 10.5. The average molecular weight is 183 g/mol. The molecule has 0 aliphatic rings. The molecular weight excluding hydrogens is 175 g/mol. The molecule has 0 aromatic rings. The molecule has 0 atom stereocenters. The molecule has 4 heteroatoms. The van der Waals surface area contributed by atoms with Crippen LogP contribution in [-0.2, 0) is 9.53 Å². The molecular formula is C6H8Cl2O2. The lowest BCUT2D eigenvalue weighted by Crippen LogP contribution is -2.19. The van der Waals surface area contributed by atoms with Gasteiger partial charge in [0.1, 0.15) is 6.10 Å². The molecule has 0 spiro atoms. The van der Waals surface area contributed by atoms with Crippen LogP contribution in [0.25, 0.3) is 0 Å². The van der Waals surface area contributed by atoms with Gasteiger partial charge in [0.05, 0.1) is 11.8 Å². The number of carbonyl (C=O) groups is 1. The summed E-state index contributed by atoms with van der Waals surface area (Å²) in [5, 5.41) is 0. The van der Waals surface area contributed by atoms with Crippen molar-refractivity contribution in [3.63, 3.8) is 0 Å². The molecule has 0 saturated heterocycles. The Morgan fingerprint density at radius 3 is 2.40 bits per heavy atom. The number of carbonyl (C=O) groups excluding carboxylic acids is 1. The van der Waals surface area contributed by atoms with E-state index in [1.807, 2.05) is 0 Å². The molecule has 0 aromatic heterocycles. The van der Waals surface area contributed by atoms with Crippen LogP contribution in [0.2, 0.25) is 0 Å². The Balaban J connectivity index is 3.62. The zero-order chi connectivity index (χ0) is 7.98. The van der Waals surface area contributed by atoms with Crippen LogP contribution < -0.4 is 0 Å². The van der Waals surface area contributed by atoms with E-state index in [0.717, 1.165) is 6.08 Å². The minimum absolute atomic E-state index is 0.211. The van der Waals surface area contributed by atoms with Gasteiger partial charge in [-0.05, 0) is 0 Å². The van der Waals surface area contributed by atoms with Crippen LogP contribution >= 0.6 is 23.2 Å². The molecule has 10 heavy (non-hydrogen) atoms. The fourth-order valence-corrected chi connectivity index (χ4v) is 0.773. The first-order valence-corrected chi connectivity index (χ1v) is 3.76. The molecule has 0 unspecified atom stereocenters. The van der Waals surface area contributed by atoms with Gasteiger partial charge in [-0.1, -0.05) is 6.58 Å². The maximum atomic E-state index is 10.5. The Morgan fingerprint density at radius 1 is 1.60 bits per heavy atom. The van der Waals surface area contributed by atoms with Crippen LogP contribution in [0.5, 0.6) is 0 Å². The monoisotopic (exact) mass is 182 g/mol. The number of alkyl halides is 2. The predicted molar refractivity (Wildman–Crippen MR) is 41.5 cm³/mol. The molecule has 0 saturated carbocycles. The predicted octanol–water partition coefficient (Wildman–Crippen LogP) is 1.56. The first-order chi connectivity index (χ1) is 4.74. The Kier molecular flexibility index (Phi) is 5.45. The number of ether oxygens (including phenoxy) is 1. The molecule has 0 heterocycles. The van der Waals surface area contributed by atoms with E-state index in [9.17, 15) is 4.79 Å². The summed E-state index contributed by atoms with van der Waals surface area (Å²) >= 11 is 10.7. The van der Waals surface area contributed by atoms with Crippen LogP contribution in [0, 0.1) is 0 Å². The summed E-state index contributed by atoms with van der Waals surface area (Å²) in [6.07, 6.45) is 0.667. The van der Waals surface area contributed by atoms with E-state index in [0.29, 0.717) is 0 Å². The highest BCUT2D eigenvalue weighted by Crippen LogP contribution is 1.98. The number of hydrogen-bond acceptors (Lipinski definition) is 2. The maximum Gasteiger partial charge on any atom is 0.330 e. The SMILES string of the molecule is C=CC(=O)OC(CCl)CCl. The van der Waals surface area contributed by atoms with Crippen molar-refractivity contribution in [2.45, 2.75) is 6.10 Å². The van der Waals surface area contributed by atoms with E-state index in [1.54, 1.807) is 0 Å². The summed E-state index contributed by atoms with van der Waals surface area (Å²) in [6.45, 7) is 3.22. The molecule has 0 aliphatic heterocycles. The Hall–Kier alpha value is -0.210. The smallest absolute Gasteiger partial charge is 0.330 e.